The fourth-order valence-corrected chi connectivity index (χ4v) is 2.75. The van der Waals surface area contributed by atoms with Crippen molar-refractivity contribution >= 4 is 5.97 Å². The number of nitrogens with one attached hydrogen (secondary N) is 2. The molecule has 1 rings (SSSR count). The third kappa shape index (κ3) is 13.1. The number of carbonyl (C=O) groups excluding carboxylic acids is 1. The standard InChI is InChI=1S/C18H33N3O3.K/c1-2-3-4-5-6-7-8-9-10-16(22)13-20-17(18(23)24)11-15-12-19-14-21-15;/h12,14,16-17,20,22H,2-11,13H2,1H3,(H,19,21)(H,23,24);/q;+1/p-1/t16?,17-;/m0./s1. The third-order valence-electron chi connectivity index (χ3n) is 4.25. The Balaban J connectivity index is 0.00000576. The Morgan fingerprint density at radius 3 is 2.44 bits per heavy atom. The number of hydrogen-bond acceptors (Lipinski definition) is 5. The van der Waals surface area contributed by atoms with E-state index >= 15 is 0 Å². The van der Waals surface area contributed by atoms with Crippen molar-refractivity contribution in [1.82, 2.24) is 15.3 Å². The van der Waals surface area contributed by atoms with Crippen molar-refractivity contribution in [3.63, 3.8) is 0 Å². The van der Waals surface area contributed by atoms with Gasteiger partial charge in [0.2, 0.25) is 0 Å². The van der Waals surface area contributed by atoms with Crippen molar-refractivity contribution in [2.45, 2.75) is 83.3 Å². The molecular weight excluding hydrogens is 345 g/mol. The number of nitrogens with zero attached hydrogens (tertiary/aromatic N) is 1. The van der Waals surface area contributed by atoms with E-state index in [2.05, 4.69) is 22.2 Å². The number of H-pyrrole nitrogens is 1. The van der Waals surface area contributed by atoms with Gasteiger partial charge >= 0.3 is 51.4 Å². The molecule has 0 spiro atoms. The molecule has 0 saturated carbocycles. The number of unbranched alkanes of at least 4 members (excludes halogenated alkanes) is 7. The van der Waals surface area contributed by atoms with Crippen LogP contribution in [-0.2, 0) is 11.2 Å². The molecule has 1 unspecified atom stereocenters. The molecule has 25 heavy (non-hydrogen) atoms. The van der Waals surface area contributed by atoms with E-state index in [0.717, 1.165) is 18.5 Å². The minimum absolute atomic E-state index is 0. The van der Waals surface area contributed by atoms with E-state index in [4.69, 9.17) is 0 Å². The number of aromatic nitrogens is 2. The number of aromatic amines is 1. The van der Waals surface area contributed by atoms with Gasteiger partial charge < -0.3 is 25.3 Å². The minimum atomic E-state index is -1.16. The van der Waals surface area contributed by atoms with Crippen LogP contribution in [0.3, 0.4) is 0 Å². The van der Waals surface area contributed by atoms with E-state index in [1.165, 1.54) is 44.9 Å². The molecule has 138 valence electrons. The van der Waals surface area contributed by atoms with Gasteiger partial charge in [0.25, 0.3) is 0 Å². The molecule has 0 aromatic carbocycles. The van der Waals surface area contributed by atoms with Crippen molar-refractivity contribution in [3.8, 4) is 0 Å². The summed E-state index contributed by atoms with van der Waals surface area (Å²) in [4.78, 5) is 17.9. The van der Waals surface area contributed by atoms with Crippen LogP contribution >= 0.6 is 0 Å². The zero-order valence-corrected chi connectivity index (χ0v) is 18.9. The molecule has 0 aliphatic rings. The average Bonchev–Trinajstić information content (AvgIpc) is 3.06. The predicted octanol–water partition coefficient (Wildman–Crippen LogP) is -1.44. The summed E-state index contributed by atoms with van der Waals surface area (Å²) in [6.45, 7) is 2.48. The molecule has 2 atom stereocenters. The molecule has 0 aliphatic heterocycles. The van der Waals surface area contributed by atoms with Crippen LogP contribution in [0.5, 0.6) is 0 Å². The maximum atomic E-state index is 11.2. The number of aliphatic hydroxyl groups excluding tert-OH is 1. The molecule has 0 fully saturated rings. The molecule has 0 radical (unpaired) electrons. The van der Waals surface area contributed by atoms with E-state index in [1.807, 2.05) is 0 Å². The summed E-state index contributed by atoms with van der Waals surface area (Å²) in [5.74, 6) is -1.16. The second-order valence-electron chi connectivity index (χ2n) is 6.48. The van der Waals surface area contributed by atoms with Crippen LogP contribution in [0.4, 0.5) is 0 Å². The number of imidazole rings is 1. The van der Waals surface area contributed by atoms with Gasteiger partial charge in [0.1, 0.15) is 0 Å². The quantitative estimate of drug-likeness (QED) is 0.257. The molecular formula is C18H32KN3O3. The number of carboxylic acids is 1. The molecule has 0 amide bonds. The van der Waals surface area contributed by atoms with Crippen molar-refractivity contribution in [2.24, 2.45) is 0 Å². The van der Waals surface area contributed by atoms with Crippen molar-refractivity contribution in [2.75, 3.05) is 6.54 Å². The number of carboxylic acid groups (broad SMARTS) is 1. The van der Waals surface area contributed by atoms with Crippen molar-refractivity contribution < 1.29 is 66.4 Å². The van der Waals surface area contributed by atoms with Gasteiger partial charge in [-0.05, 0) is 6.42 Å². The number of hydrogen-bond donors (Lipinski definition) is 3. The van der Waals surface area contributed by atoms with Gasteiger partial charge in [-0.2, -0.15) is 0 Å². The molecule has 1 aromatic rings. The second-order valence-corrected chi connectivity index (χ2v) is 6.48. The van der Waals surface area contributed by atoms with Gasteiger partial charge in [-0.15, -0.1) is 0 Å². The van der Waals surface area contributed by atoms with Gasteiger partial charge in [-0.1, -0.05) is 58.3 Å². The first kappa shape index (κ1) is 25.2. The fourth-order valence-electron chi connectivity index (χ4n) is 2.75. The summed E-state index contributed by atoms with van der Waals surface area (Å²) < 4.78 is 0. The Labute approximate surface area is 194 Å². The summed E-state index contributed by atoms with van der Waals surface area (Å²) >= 11 is 0. The number of aliphatic carboxylic acids is 1. The summed E-state index contributed by atoms with van der Waals surface area (Å²) in [6.07, 6.45) is 13.4. The maximum Gasteiger partial charge on any atom is 1.00 e. The van der Waals surface area contributed by atoms with Crippen LogP contribution in [0.15, 0.2) is 12.5 Å². The smallest absolute Gasteiger partial charge is 0.548 e. The molecule has 0 saturated heterocycles. The summed E-state index contributed by atoms with van der Waals surface area (Å²) in [5.41, 5.74) is 0.731. The molecule has 0 aliphatic carbocycles. The molecule has 1 heterocycles. The zero-order chi connectivity index (χ0) is 17.6. The van der Waals surface area contributed by atoms with E-state index in [-0.39, 0.29) is 64.4 Å². The van der Waals surface area contributed by atoms with Crippen molar-refractivity contribution in [3.05, 3.63) is 18.2 Å². The maximum absolute atomic E-state index is 11.2. The minimum Gasteiger partial charge on any atom is -0.548 e. The molecule has 7 heteroatoms. The van der Waals surface area contributed by atoms with Gasteiger partial charge in [-0.25, -0.2) is 4.98 Å². The van der Waals surface area contributed by atoms with Crippen LogP contribution in [0.1, 0.15) is 70.4 Å². The number of rotatable bonds is 15. The molecule has 0 bridgehead atoms. The molecule has 1 aromatic heterocycles. The first-order valence-electron chi connectivity index (χ1n) is 9.23. The summed E-state index contributed by atoms with van der Waals surface area (Å²) in [6, 6.07) is -0.821. The van der Waals surface area contributed by atoms with Crippen LogP contribution < -0.4 is 61.8 Å². The van der Waals surface area contributed by atoms with Gasteiger partial charge in [0.05, 0.1) is 24.4 Å². The van der Waals surface area contributed by atoms with E-state index in [1.54, 1.807) is 6.20 Å². The van der Waals surface area contributed by atoms with Gasteiger partial charge in [-0.3, -0.25) is 0 Å². The predicted molar refractivity (Wildman–Crippen MR) is 92.3 cm³/mol. The number of aliphatic hydroxyl groups is 1. The van der Waals surface area contributed by atoms with Crippen LogP contribution in [0.25, 0.3) is 0 Å². The Kier molecular flexibility index (Phi) is 16.6. The number of carbonyl (C=O) groups is 1. The average molecular weight is 378 g/mol. The molecule has 3 N–H and O–H groups in total. The first-order valence-corrected chi connectivity index (χ1v) is 9.23. The Morgan fingerprint density at radius 2 is 1.88 bits per heavy atom. The van der Waals surface area contributed by atoms with E-state index < -0.39 is 18.1 Å². The van der Waals surface area contributed by atoms with E-state index in [9.17, 15) is 15.0 Å². The Bertz CT molecular complexity index is 429. The monoisotopic (exact) mass is 377 g/mol. The second kappa shape index (κ2) is 16.4. The van der Waals surface area contributed by atoms with Gasteiger partial charge in [0, 0.05) is 24.9 Å². The fraction of sp³-hybridized carbons (Fsp3) is 0.778. The first-order chi connectivity index (χ1) is 11.6. The summed E-state index contributed by atoms with van der Waals surface area (Å²) in [5, 5.41) is 24.0. The topological polar surface area (TPSA) is 101 Å². The summed E-state index contributed by atoms with van der Waals surface area (Å²) in [7, 11) is 0. The zero-order valence-electron chi connectivity index (χ0n) is 15.8. The van der Waals surface area contributed by atoms with Crippen LogP contribution in [0.2, 0.25) is 0 Å². The van der Waals surface area contributed by atoms with Crippen LogP contribution in [0, 0.1) is 0 Å². The Hall–Kier alpha value is 0.236. The third-order valence-corrected chi connectivity index (χ3v) is 4.25. The SMILES string of the molecule is CCCCCCCCCCC(O)CN[C@@H](Cc1cnc[nH]1)C(=O)[O-].[K+]. The Morgan fingerprint density at radius 1 is 1.24 bits per heavy atom. The largest absolute Gasteiger partial charge is 1.00 e. The van der Waals surface area contributed by atoms with Crippen LogP contribution in [-0.4, -0.2) is 39.7 Å². The normalized spacial score (nSPS) is 13.2. The molecule has 6 nitrogen and oxygen atoms in total. The van der Waals surface area contributed by atoms with E-state index in [0.29, 0.717) is 6.42 Å². The van der Waals surface area contributed by atoms with Crippen molar-refractivity contribution in [1.29, 1.82) is 0 Å². The van der Waals surface area contributed by atoms with Gasteiger partial charge in [0.15, 0.2) is 0 Å².